The number of hydrogen-bond donors (Lipinski definition) is 0. The Bertz CT molecular complexity index is 255. The molecule has 88 valence electrons. The van der Waals surface area contributed by atoms with Crippen LogP contribution in [0.15, 0.2) is 0 Å². The highest BCUT2D eigenvalue weighted by Crippen LogP contribution is 2.50. The van der Waals surface area contributed by atoms with Crippen molar-refractivity contribution in [3.63, 3.8) is 0 Å². The Morgan fingerprint density at radius 3 is 2.07 bits per heavy atom. The fourth-order valence-corrected chi connectivity index (χ4v) is 3.14. The van der Waals surface area contributed by atoms with Gasteiger partial charge in [0, 0.05) is 13.1 Å². The highest BCUT2D eigenvalue weighted by molar-refractivity contribution is 7.61. The van der Waals surface area contributed by atoms with E-state index in [1.165, 1.54) is 0 Å². The van der Waals surface area contributed by atoms with Crippen molar-refractivity contribution in [3.05, 3.63) is 0 Å². The molecule has 0 heterocycles. The van der Waals surface area contributed by atoms with E-state index in [1.807, 2.05) is 19.7 Å². The second kappa shape index (κ2) is 7.00. The molecular weight excluding hydrogens is 211 g/mol. The van der Waals surface area contributed by atoms with Gasteiger partial charge in [-0.2, -0.15) is 5.26 Å². The van der Waals surface area contributed by atoms with Crippen LogP contribution < -0.4 is 0 Å². The maximum absolute atomic E-state index is 12.2. The fraction of sp³-hybridized carbons (Fsp3) is 0.900. The van der Waals surface area contributed by atoms with E-state index in [2.05, 4.69) is 0 Å². The molecule has 0 aliphatic heterocycles. The molecule has 0 aromatic heterocycles. The third-order valence-electron chi connectivity index (χ3n) is 1.82. The zero-order valence-electron chi connectivity index (χ0n) is 10.1. The van der Waals surface area contributed by atoms with Crippen molar-refractivity contribution in [2.75, 3.05) is 13.1 Å². The van der Waals surface area contributed by atoms with Crippen molar-refractivity contribution in [1.82, 2.24) is 4.67 Å². The van der Waals surface area contributed by atoms with Gasteiger partial charge in [-0.05, 0) is 26.7 Å². The summed E-state index contributed by atoms with van der Waals surface area (Å²) in [6, 6.07) is 0. The normalized spacial score (nSPS) is 15.3. The van der Waals surface area contributed by atoms with Crippen molar-refractivity contribution in [1.29, 1.82) is 5.26 Å². The SMILES string of the molecule is CCCN(CCC)P(=O)(C#N)OC(C)C. The van der Waals surface area contributed by atoms with Crippen LogP contribution in [0.5, 0.6) is 0 Å². The Morgan fingerprint density at radius 1 is 1.33 bits per heavy atom. The second-order valence-corrected chi connectivity index (χ2v) is 5.75. The van der Waals surface area contributed by atoms with Crippen LogP contribution in [0.25, 0.3) is 0 Å². The third-order valence-corrected chi connectivity index (χ3v) is 3.92. The van der Waals surface area contributed by atoms with Crippen LogP contribution in [0.4, 0.5) is 0 Å². The Morgan fingerprint density at radius 2 is 1.80 bits per heavy atom. The summed E-state index contributed by atoms with van der Waals surface area (Å²) in [5.41, 5.74) is 0. The van der Waals surface area contributed by atoms with Gasteiger partial charge in [-0.15, -0.1) is 0 Å². The number of nitrogens with zero attached hydrogens (tertiary/aromatic N) is 2. The van der Waals surface area contributed by atoms with Crippen LogP contribution in [0.3, 0.4) is 0 Å². The monoisotopic (exact) mass is 232 g/mol. The molecule has 1 unspecified atom stereocenters. The molecule has 0 rings (SSSR count). The molecule has 0 bridgehead atoms. The van der Waals surface area contributed by atoms with Gasteiger partial charge in [0.2, 0.25) is 0 Å². The summed E-state index contributed by atoms with van der Waals surface area (Å²) < 4.78 is 19.2. The molecule has 1 atom stereocenters. The van der Waals surface area contributed by atoms with Crippen molar-refractivity contribution in [2.45, 2.75) is 46.6 Å². The lowest BCUT2D eigenvalue weighted by molar-refractivity contribution is 0.214. The van der Waals surface area contributed by atoms with Gasteiger partial charge in [0.25, 0.3) is 0 Å². The van der Waals surface area contributed by atoms with Crippen LogP contribution in [0, 0.1) is 11.1 Å². The largest absolute Gasteiger partial charge is 0.371 e. The van der Waals surface area contributed by atoms with E-state index in [9.17, 15) is 4.57 Å². The molecule has 0 aromatic carbocycles. The first-order valence-electron chi connectivity index (χ1n) is 5.45. The quantitative estimate of drug-likeness (QED) is 0.632. The molecule has 0 N–H and O–H groups in total. The molecule has 0 saturated heterocycles. The third kappa shape index (κ3) is 4.79. The molecule has 0 radical (unpaired) electrons. The first kappa shape index (κ1) is 14.6. The molecule has 15 heavy (non-hydrogen) atoms. The summed E-state index contributed by atoms with van der Waals surface area (Å²) in [5, 5.41) is 8.98. The van der Waals surface area contributed by atoms with Gasteiger partial charge >= 0.3 is 7.52 Å². The smallest absolute Gasteiger partial charge is 0.304 e. The van der Waals surface area contributed by atoms with Crippen LogP contribution in [-0.4, -0.2) is 23.9 Å². The Kier molecular flexibility index (Phi) is 6.84. The van der Waals surface area contributed by atoms with Crippen molar-refractivity contribution in [2.24, 2.45) is 0 Å². The van der Waals surface area contributed by atoms with E-state index < -0.39 is 7.52 Å². The van der Waals surface area contributed by atoms with Gasteiger partial charge in [-0.1, -0.05) is 13.8 Å². The first-order valence-corrected chi connectivity index (χ1v) is 7.03. The molecule has 4 nitrogen and oxygen atoms in total. The zero-order valence-corrected chi connectivity index (χ0v) is 11.0. The van der Waals surface area contributed by atoms with Gasteiger partial charge in [0.05, 0.1) is 6.10 Å². The fourth-order valence-electron chi connectivity index (χ4n) is 1.33. The maximum atomic E-state index is 12.2. The number of nitriles is 1. The van der Waals surface area contributed by atoms with Gasteiger partial charge in [0.1, 0.15) is 0 Å². The van der Waals surface area contributed by atoms with E-state index >= 15 is 0 Å². The average molecular weight is 232 g/mol. The van der Waals surface area contributed by atoms with Crippen molar-refractivity contribution < 1.29 is 9.09 Å². The Hall–Kier alpha value is -0.360. The van der Waals surface area contributed by atoms with Gasteiger partial charge in [-0.3, -0.25) is 4.57 Å². The predicted octanol–water partition coefficient (Wildman–Crippen LogP) is 3.21. The number of hydrogen-bond acceptors (Lipinski definition) is 3. The predicted molar refractivity (Wildman–Crippen MR) is 61.6 cm³/mol. The van der Waals surface area contributed by atoms with E-state index in [1.54, 1.807) is 18.5 Å². The Balaban J connectivity index is 4.71. The van der Waals surface area contributed by atoms with Crippen molar-refractivity contribution >= 4 is 7.52 Å². The molecule has 0 saturated carbocycles. The van der Waals surface area contributed by atoms with Crippen LogP contribution in [-0.2, 0) is 9.09 Å². The summed E-state index contributed by atoms with van der Waals surface area (Å²) in [4.78, 5) is 0. The van der Waals surface area contributed by atoms with Gasteiger partial charge in [0.15, 0.2) is 5.81 Å². The maximum Gasteiger partial charge on any atom is 0.371 e. The molecule has 0 amide bonds. The van der Waals surface area contributed by atoms with E-state index in [0.29, 0.717) is 13.1 Å². The summed E-state index contributed by atoms with van der Waals surface area (Å²) in [7, 11) is -3.26. The average Bonchev–Trinajstić information content (AvgIpc) is 2.16. The lowest BCUT2D eigenvalue weighted by Gasteiger charge is -2.26. The highest BCUT2D eigenvalue weighted by Gasteiger charge is 2.31. The van der Waals surface area contributed by atoms with E-state index in [-0.39, 0.29) is 6.10 Å². The summed E-state index contributed by atoms with van der Waals surface area (Å²) in [6.45, 7) is 8.87. The Labute approximate surface area is 92.7 Å². The molecule has 0 aliphatic rings. The van der Waals surface area contributed by atoms with Crippen LogP contribution in [0.2, 0.25) is 0 Å². The summed E-state index contributed by atoms with van der Waals surface area (Å²) in [6.07, 6.45) is 1.55. The minimum atomic E-state index is -3.26. The molecule has 0 aromatic rings. The van der Waals surface area contributed by atoms with Crippen LogP contribution in [0.1, 0.15) is 40.5 Å². The minimum Gasteiger partial charge on any atom is -0.304 e. The van der Waals surface area contributed by atoms with Crippen LogP contribution >= 0.6 is 7.52 Å². The standard InChI is InChI=1S/C10H21N2O2P/c1-5-7-12(8-6-2)15(13,9-11)14-10(3)4/h10H,5-8H2,1-4H3. The van der Waals surface area contributed by atoms with Gasteiger partial charge < -0.3 is 4.52 Å². The lowest BCUT2D eigenvalue weighted by atomic mass is 10.4. The molecular formula is C10H21N2O2P. The number of rotatable bonds is 7. The first-order chi connectivity index (χ1) is 7.00. The second-order valence-electron chi connectivity index (χ2n) is 3.73. The highest BCUT2D eigenvalue weighted by atomic mass is 31.2. The minimum absolute atomic E-state index is 0.188. The molecule has 0 spiro atoms. The van der Waals surface area contributed by atoms with E-state index in [4.69, 9.17) is 9.79 Å². The van der Waals surface area contributed by atoms with E-state index in [0.717, 1.165) is 12.8 Å². The summed E-state index contributed by atoms with van der Waals surface area (Å²) in [5.74, 6) is 1.84. The lowest BCUT2D eigenvalue weighted by Crippen LogP contribution is -2.24. The van der Waals surface area contributed by atoms with Gasteiger partial charge in [-0.25, -0.2) is 4.67 Å². The summed E-state index contributed by atoms with van der Waals surface area (Å²) >= 11 is 0. The molecule has 5 heteroatoms. The molecule has 0 aliphatic carbocycles. The topological polar surface area (TPSA) is 53.3 Å². The van der Waals surface area contributed by atoms with Crippen molar-refractivity contribution in [3.8, 4) is 5.81 Å². The zero-order chi connectivity index (χ0) is 11.9. The molecule has 0 fully saturated rings.